The number of thioether (sulfide) groups is 1. The lowest BCUT2D eigenvalue weighted by atomic mass is 10.00. The molecule has 1 aromatic heterocycles. The van der Waals surface area contributed by atoms with Gasteiger partial charge in [0.15, 0.2) is 11.5 Å². The Balaban J connectivity index is 1.89. The van der Waals surface area contributed by atoms with Gasteiger partial charge in [0.2, 0.25) is 17.9 Å². The fourth-order valence-corrected chi connectivity index (χ4v) is 4.36. The van der Waals surface area contributed by atoms with Crippen molar-refractivity contribution in [1.82, 2.24) is 10.1 Å². The van der Waals surface area contributed by atoms with Crippen LogP contribution < -0.4 is 24.6 Å². The third-order valence-corrected chi connectivity index (χ3v) is 5.86. The second kappa shape index (κ2) is 7.34. The Morgan fingerprint density at radius 2 is 2.03 bits per heavy atom. The van der Waals surface area contributed by atoms with E-state index in [1.165, 1.54) is 40.4 Å². The molecule has 162 valence electrons. The number of benzene rings is 2. The zero-order valence-corrected chi connectivity index (χ0v) is 17.7. The molecule has 1 amide bonds. The van der Waals surface area contributed by atoms with Crippen molar-refractivity contribution in [3.63, 3.8) is 0 Å². The summed E-state index contributed by atoms with van der Waals surface area (Å²) < 4.78 is 12.1. The van der Waals surface area contributed by atoms with Crippen LogP contribution in [0.15, 0.2) is 46.3 Å². The number of rotatable bonds is 3. The summed E-state index contributed by atoms with van der Waals surface area (Å²) in [6, 6.07) is 9.60. The second-order valence-corrected chi connectivity index (χ2v) is 7.85. The zero-order chi connectivity index (χ0) is 22.6. The van der Waals surface area contributed by atoms with Crippen molar-refractivity contribution in [3.05, 3.63) is 62.4 Å². The van der Waals surface area contributed by atoms with Crippen molar-refractivity contribution >= 4 is 29.0 Å². The van der Waals surface area contributed by atoms with E-state index in [0.29, 0.717) is 22.2 Å². The molecule has 3 aromatic rings. The Hall–Kier alpha value is -3.93. The van der Waals surface area contributed by atoms with E-state index in [1.807, 2.05) is 0 Å². The number of para-hydroxylation sites is 1. The molecule has 1 atom stereocenters. The third-order valence-electron chi connectivity index (χ3n) is 5.29. The number of aromatic amines is 1. The standard InChI is InChI=1S/C20H15N5O6S/c1-10(26)23-13-6-4-3-5-11(13)17-18(27)21-20(32-2)22-24(17)19(23)12-7-15-16(31-9-30-15)8-14(12)25(28)29/h3-8,19H,9H2,1-2H3/p+1/t19-/m0/s1. The highest BCUT2D eigenvalue weighted by atomic mass is 32.2. The van der Waals surface area contributed by atoms with Crippen LogP contribution in [0.5, 0.6) is 11.5 Å². The Kier molecular flexibility index (Phi) is 4.59. The van der Waals surface area contributed by atoms with Crippen LogP contribution in [-0.4, -0.2) is 34.0 Å². The first kappa shape index (κ1) is 20.0. The molecule has 0 saturated carbocycles. The quantitative estimate of drug-likeness (QED) is 0.275. The summed E-state index contributed by atoms with van der Waals surface area (Å²) >= 11 is 1.21. The van der Waals surface area contributed by atoms with Crippen LogP contribution >= 0.6 is 11.8 Å². The molecule has 32 heavy (non-hydrogen) atoms. The highest BCUT2D eigenvalue weighted by molar-refractivity contribution is 7.98. The van der Waals surface area contributed by atoms with Crippen molar-refractivity contribution in [1.29, 1.82) is 0 Å². The molecular weight excluding hydrogens is 438 g/mol. The molecule has 2 aromatic carbocycles. The van der Waals surface area contributed by atoms with Gasteiger partial charge >= 0.3 is 11.3 Å². The van der Waals surface area contributed by atoms with Gasteiger partial charge in [-0.3, -0.25) is 24.7 Å². The Bertz CT molecular complexity index is 1360. The number of ether oxygens (including phenoxy) is 2. The van der Waals surface area contributed by atoms with Crippen LogP contribution in [-0.2, 0) is 4.79 Å². The molecule has 0 aliphatic carbocycles. The van der Waals surface area contributed by atoms with Gasteiger partial charge in [-0.15, -0.1) is 0 Å². The van der Waals surface area contributed by atoms with Gasteiger partial charge in [0.25, 0.3) is 11.9 Å². The Labute approximate surface area is 184 Å². The molecule has 1 N–H and O–H groups in total. The van der Waals surface area contributed by atoms with E-state index in [-0.39, 0.29) is 35.4 Å². The number of nitrogens with zero attached hydrogens (tertiary/aromatic N) is 4. The molecule has 0 fully saturated rings. The van der Waals surface area contributed by atoms with Gasteiger partial charge < -0.3 is 9.47 Å². The van der Waals surface area contributed by atoms with Crippen LogP contribution in [0, 0.1) is 10.1 Å². The summed E-state index contributed by atoms with van der Waals surface area (Å²) in [5.41, 5.74) is 0.558. The molecule has 11 nitrogen and oxygen atoms in total. The number of hydrogen-bond donors (Lipinski definition) is 1. The van der Waals surface area contributed by atoms with Gasteiger partial charge in [0, 0.05) is 18.1 Å². The number of amides is 1. The molecule has 2 aliphatic rings. The van der Waals surface area contributed by atoms with Gasteiger partial charge in [-0.1, -0.05) is 23.9 Å². The van der Waals surface area contributed by atoms with E-state index in [9.17, 15) is 19.7 Å². The number of carbonyl (C=O) groups is 1. The number of nitro benzene ring substituents is 1. The largest absolute Gasteiger partial charge is 0.454 e. The number of nitrogens with one attached hydrogen (secondary N) is 1. The predicted molar refractivity (Wildman–Crippen MR) is 113 cm³/mol. The van der Waals surface area contributed by atoms with Gasteiger partial charge in [0.05, 0.1) is 22.2 Å². The number of aromatic nitrogens is 3. The van der Waals surface area contributed by atoms with E-state index in [0.717, 1.165) is 0 Å². The minimum absolute atomic E-state index is 0.0713. The molecule has 0 unspecified atom stereocenters. The van der Waals surface area contributed by atoms with E-state index in [1.54, 1.807) is 30.5 Å². The van der Waals surface area contributed by atoms with Crippen LogP contribution in [0.25, 0.3) is 11.3 Å². The molecule has 0 spiro atoms. The molecule has 0 bridgehead atoms. The SMILES string of the molecule is CSc1n[n+]2c(c(=O)[nH]1)-c1ccccc1N(C(C)=O)[C@@H]2c1cc2c(cc1[N+](=O)[O-])OCO2. The summed E-state index contributed by atoms with van der Waals surface area (Å²) in [6.45, 7) is 1.29. The van der Waals surface area contributed by atoms with Crippen molar-refractivity contribution in [2.24, 2.45) is 0 Å². The number of nitro groups is 1. The van der Waals surface area contributed by atoms with Crippen LogP contribution in [0.2, 0.25) is 0 Å². The van der Waals surface area contributed by atoms with Crippen LogP contribution in [0.4, 0.5) is 11.4 Å². The van der Waals surface area contributed by atoms with Gasteiger partial charge in [-0.2, -0.15) is 0 Å². The predicted octanol–water partition coefficient (Wildman–Crippen LogP) is 2.00. The lowest BCUT2D eigenvalue weighted by Crippen LogP contribution is -2.60. The van der Waals surface area contributed by atoms with Crippen LogP contribution in [0.1, 0.15) is 18.7 Å². The smallest absolute Gasteiger partial charge is 0.325 e. The molecule has 0 radical (unpaired) electrons. The molecule has 0 saturated heterocycles. The van der Waals surface area contributed by atoms with Crippen LogP contribution in [0.3, 0.4) is 0 Å². The second-order valence-electron chi connectivity index (χ2n) is 7.06. The molecule has 2 aliphatic heterocycles. The van der Waals surface area contributed by atoms with Gasteiger partial charge in [0.1, 0.15) is 5.56 Å². The Morgan fingerprint density at radius 1 is 1.31 bits per heavy atom. The van der Waals surface area contributed by atoms with Crippen molar-refractivity contribution in [2.75, 3.05) is 17.9 Å². The number of fused-ring (bicyclic) bond motifs is 4. The fourth-order valence-electron chi connectivity index (χ4n) is 4.00. The monoisotopic (exact) mass is 454 g/mol. The summed E-state index contributed by atoms with van der Waals surface area (Å²) in [5.74, 6) is 0.172. The average Bonchev–Trinajstić information content (AvgIpc) is 3.24. The maximum atomic E-state index is 13.1. The molecular formula is C20H16N5O6S+. The lowest BCUT2D eigenvalue weighted by Gasteiger charge is -2.31. The first-order valence-electron chi connectivity index (χ1n) is 9.48. The average molecular weight is 454 g/mol. The minimum atomic E-state index is -1.10. The highest BCUT2D eigenvalue weighted by Gasteiger charge is 2.48. The maximum Gasteiger partial charge on any atom is 0.325 e. The lowest BCUT2D eigenvalue weighted by molar-refractivity contribution is -0.763. The number of carbonyl (C=O) groups excluding carboxylic acids is 1. The van der Waals surface area contributed by atoms with Gasteiger partial charge in [-0.25, -0.2) is 4.90 Å². The topological polar surface area (TPSA) is 132 Å². The first-order chi connectivity index (χ1) is 15.4. The molecule has 12 heteroatoms. The Morgan fingerprint density at radius 3 is 2.72 bits per heavy atom. The summed E-state index contributed by atoms with van der Waals surface area (Å²) in [5, 5.41) is 16.8. The fraction of sp³-hybridized carbons (Fsp3) is 0.200. The summed E-state index contributed by atoms with van der Waals surface area (Å²) in [4.78, 5) is 41.5. The molecule has 3 heterocycles. The van der Waals surface area contributed by atoms with Crippen molar-refractivity contribution < 1.29 is 23.9 Å². The third kappa shape index (κ3) is 2.91. The number of hydrogen-bond acceptors (Lipinski definition) is 8. The summed E-state index contributed by atoms with van der Waals surface area (Å²) in [7, 11) is 0. The summed E-state index contributed by atoms with van der Waals surface area (Å²) in [6.07, 6.45) is 0.642. The maximum absolute atomic E-state index is 13.1. The van der Waals surface area contributed by atoms with Crippen molar-refractivity contribution in [2.45, 2.75) is 18.2 Å². The minimum Gasteiger partial charge on any atom is -0.454 e. The highest BCUT2D eigenvalue weighted by Crippen LogP contribution is 2.44. The number of anilines is 1. The van der Waals surface area contributed by atoms with E-state index < -0.39 is 16.6 Å². The van der Waals surface area contributed by atoms with Gasteiger partial charge in [-0.05, 0) is 23.1 Å². The molecule has 5 rings (SSSR count). The van der Waals surface area contributed by atoms with E-state index in [4.69, 9.17) is 9.47 Å². The van der Waals surface area contributed by atoms with E-state index in [2.05, 4.69) is 10.1 Å². The first-order valence-corrected chi connectivity index (χ1v) is 10.7. The van der Waals surface area contributed by atoms with E-state index >= 15 is 0 Å². The van der Waals surface area contributed by atoms with Crippen molar-refractivity contribution in [3.8, 4) is 22.8 Å². The number of H-pyrrole nitrogens is 1. The normalized spacial score (nSPS) is 15.8. The zero-order valence-electron chi connectivity index (χ0n) is 16.9.